The average Bonchev–Trinajstić information content (AvgIpc) is 3.14. The molecule has 23 heavy (non-hydrogen) atoms. The fraction of sp³-hybridized carbons (Fsp3) is 0.316. The lowest BCUT2D eigenvalue weighted by Gasteiger charge is -2.25. The fourth-order valence-corrected chi connectivity index (χ4v) is 4.13. The second-order valence-corrected chi connectivity index (χ2v) is 6.48. The highest BCUT2D eigenvalue weighted by atomic mass is 35.5. The van der Waals surface area contributed by atoms with Gasteiger partial charge in [-0.2, -0.15) is 0 Å². The molecule has 0 bridgehead atoms. The lowest BCUT2D eigenvalue weighted by atomic mass is 9.81. The van der Waals surface area contributed by atoms with Gasteiger partial charge in [-0.3, -0.25) is 4.79 Å². The summed E-state index contributed by atoms with van der Waals surface area (Å²) in [4.78, 5) is 15.0. The number of carbonyl (C=O) groups is 1. The van der Waals surface area contributed by atoms with Crippen LogP contribution in [0, 0.1) is 0 Å². The first-order valence-electron chi connectivity index (χ1n) is 7.97. The summed E-state index contributed by atoms with van der Waals surface area (Å²) in [7, 11) is 0. The molecular formula is C19H21ClN2O. The second kappa shape index (κ2) is 5.89. The van der Waals surface area contributed by atoms with Gasteiger partial charge in [-0.15, -0.1) is 12.4 Å². The molecule has 1 saturated carbocycles. The van der Waals surface area contributed by atoms with Crippen LogP contribution in [0.5, 0.6) is 0 Å². The summed E-state index contributed by atoms with van der Waals surface area (Å²) in [5.41, 5.74) is 9.74. The van der Waals surface area contributed by atoms with E-state index in [9.17, 15) is 4.79 Å². The zero-order chi connectivity index (χ0) is 15.2. The molecular weight excluding hydrogens is 308 g/mol. The van der Waals surface area contributed by atoms with E-state index in [1.165, 1.54) is 31.2 Å². The van der Waals surface area contributed by atoms with Gasteiger partial charge in [-0.05, 0) is 36.6 Å². The number of hydrogen-bond donors (Lipinski definition) is 1. The molecule has 0 aromatic heterocycles. The van der Waals surface area contributed by atoms with Crippen LogP contribution in [0.4, 0.5) is 11.4 Å². The second-order valence-electron chi connectivity index (χ2n) is 6.48. The average molecular weight is 329 g/mol. The van der Waals surface area contributed by atoms with Crippen molar-refractivity contribution in [3.63, 3.8) is 0 Å². The molecule has 1 heterocycles. The molecule has 0 atom stereocenters. The highest BCUT2D eigenvalue weighted by molar-refractivity contribution is 6.10. The van der Waals surface area contributed by atoms with E-state index in [2.05, 4.69) is 18.2 Å². The highest BCUT2D eigenvalue weighted by Gasteiger charge is 2.46. The van der Waals surface area contributed by atoms with E-state index < -0.39 is 0 Å². The van der Waals surface area contributed by atoms with E-state index in [1.54, 1.807) is 6.07 Å². The number of nitrogens with two attached hydrogens (primary N) is 1. The molecule has 1 aliphatic heterocycles. The van der Waals surface area contributed by atoms with E-state index in [-0.39, 0.29) is 23.7 Å². The first-order valence-corrected chi connectivity index (χ1v) is 7.97. The van der Waals surface area contributed by atoms with Gasteiger partial charge in [0, 0.05) is 23.3 Å². The zero-order valence-electron chi connectivity index (χ0n) is 13.0. The lowest BCUT2D eigenvalue weighted by molar-refractivity contribution is 0.0986. The molecule has 1 spiro atoms. The van der Waals surface area contributed by atoms with Crippen molar-refractivity contribution in [3.05, 3.63) is 59.7 Å². The Balaban J connectivity index is 0.00000156. The topological polar surface area (TPSA) is 46.3 Å². The third-order valence-corrected chi connectivity index (χ3v) is 5.22. The number of amides is 1. The predicted molar refractivity (Wildman–Crippen MR) is 96.4 cm³/mol. The number of hydrogen-bond acceptors (Lipinski definition) is 2. The fourth-order valence-electron chi connectivity index (χ4n) is 4.13. The molecule has 1 fully saturated rings. The molecule has 0 radical (unpaired) electrons. The van der Waals surface area contributed by atoms with Gasteiger partial charge in [-0.1, -0.05) is 43.2 Å². The van der Waals surface area contributed by atoms with Crippen LogP contribution in [0.25, 0.3) is 0 Å². The molecule has 4 heteroatoms. The van der Waals surface area contributed by atoms with Gasteiger partial charge in [0.25, 0.3) is 5.91 Å². The van der Waals surface area contributed by atoms with Gasteiger partial charge in [0.2, 0.25) is 0 Å². The summed E-state index contributed by atoms with van der Waals surface area (Å²) >= 11 is 0. The quantitative estimate of drug-likeness (QED) is 0.799. The first kappa shape index (κ1) is 15.9. The van der Waals surface area contributed by atoms with Crippen molar-refractivity contribution in [1.82, 2.24) is 0 Å². The number of para-hydroxylation sites is 2. The number of benzene rings is 2. The van der Waals surface area contributed by atoms with Crippen molar-refractivity contribution in [2.24, 2.45) is 0 Å². The summed E-state index contributed by atoms with van der Waals surface area (Å²) in [6, 6.07) is 15.7. The van der Waals surface area contributed by atoms with E-state index in [0.29, 0.717) is 11.3 Å². The molecule has 1 amide bonds. The normalized spacial score (nSPS) is 17.8. The Bertz CT molecular complexity index is 738. The van der Waals surface area contributed by atoms with Crippen LogP contribution in [0.15, 0.2) is 48.5 Å². The van der Waals surface area contributed by atoms with Crippen LogP contribution in [-0.2, 0) is 5.41 Å². The van der Waals surface area contributed by atoms with Crippen LogP contribution in [0.2, 0.25) is 0 Å². The smallest absolute Gasteiger partial charge is 0.260 e. The molecule has 120 valence electrons. The number of halogens is 1. The van der Waals surface area contributed by atoms with Crippen LogP contribution in [0.3, 0.4) is 0 Å². The SMILES string of the molecule is Cl.Nc1ccccc1C(=O)N1CC2(CCCC2)c2ccccc21. The number of rotatable bonds is 1. The largest absolute Gasteiger partial charge is 0.398 e. The van der Waals surface area contributed by atoms with E-state index >= 15 is 0 Å². The monoisotopic (exact) mass is 328 g/mol. The maximum Gasteiger partial charge on any atom is 0.260 e. The molecule has 2 aromatic carbocycles. The van der Waals surface area contributed by atoms with Gasteiger partial charge in [-0.25, -0.2) is 0 Å². The Morgan fingerprint density at radius 1 is 1.00 bits per heavy atom. The van der Waals surface area contributed by atoms with Crippen LogP contribution in [-0.4, -0.2) is 12.5 Å². The van der Waals surface area contributed by atoms with E-state index in [0.717, 1.165) is 12.2 Å². The van der Waals surface area contributed by atoms with Gasteiger partial charge in [0.05, 0.1) is 5.56 Å². The standard InChI is InChI=1S/C19H20N2O.ClH/c20-16-9-3-1-7-14(16)18(22)21-13-19(11-5-6-12-19)15-8-2-4-10-17(15)21;/h1-4,7-10H,5-6,11-13,20H2;1H. The molecule has 1 aliphatic carbocycles. The van der Waals surface area contributed by atoms with E-state index in [4.69, 9.17) is 5.73 Å². The zero-order valence-corrected chi connectivity index (χ0v) is 13.8. The molecule has 2 aromatic rings. The van der Waals surface area contributed by atoms with Crippen molar-refractivity contribution in [2.75, 3.05) is 17.2 Å². The predicted octanol–water partition coefficient (Wildman–Crippen LogP) is 4.16. The Morgan fingerprint density at radius 3 is 2.39 bits per heavy atom. The minimum atomic E-state index is 0. The van der Waals surface area contributed by atoms with E-state index in [1.807, 2.05) is 29.2 Å². The molecule has 2 N–H and O–H groups in total. The van der Waals surface area contributed by atoms with Gasteiger partial charge < -0.3 is 10.6 Å². The molecule has 3 nitrogen and oxygen atoms in total. The maximum atomic E-state index is 13.0. The van der Waals surface area contributed by atoms with Crippen LogP contribution >= 0.6 is 12.4 Å². The minimum Gasteiger partial charge on any atom is -0.398 e. The number of nitrogen functional groups attached to an aromatic ring is 1. The molecule has 4 rings (SSSR count). The van der Waals surface area contributed by atoms with Crippen molar-refractivity contribution in [1.29, 1.82) is 0 Å². The van der Waals surface area contributed by atoms with Crippen molar-refractivity contribution < 1.29 is 4.79 Å². The summed E-state index contributed by atoms with van der Waals surface area (Å²) in [5.74, 6) is 0.0225. The number of nitrogens with zero attached hydrogens (tertiary/aromatic N) is 1. The Labute approximate surface area is 142 Å². The van der Waals surface area contributed by atoms with Gasteiger partial charge in [0.15, 0.2) is 0 Å². The Hall–Kier alpha value is -2.00. The molecule has 0 unspecified atom stereocenters. The van der Waals surface area contributed by atoms with Crippen molar-refractivity contribution in [3.8, 4) is 0 Å². The van der Waals surface area contributed by atoms with Gasteiger partial charge >= 0.3 is 0 Å². The summed E-state index contributed by atoms with van der Waals surface area (Å²) < 4.78 is 0. The Morgan fingerprint density at radius 2 is 1.65 bits per heavy atom. The summed E-state index contributed by atoms with van der Waals surface area (Å²) in [6.07, 6.45) is 4.86. The number of anilines is 2. The van der Waals surface area contributed by atoms with Crippen molar-refractivity contribution in [2.45, 2.75) is 31.1 Å². The maximum absolute atomic E-state index is 13.0. The summed E-state index contributed by atoms with van der Waals surface area (Å²) in [6.45, 7) is 0.791. The minimum absolute atomic E-state index is 0. The van der Waals surface area contributed by atoms with Crippen molar-refractivity contribution >= 4 is 29.7 Å². The van der Waals surface area contributed by atoms with Gasteiger partial charge in [0.1, 0.15) is 0 Å². The van der Waals surface area contributed by atoms with Crippen LogP contribution in [0.1, 0.15) is 41.6 Å². The molecule has 0 saturated heterocycles. The molecule has 2 aliphatic rings. The third-order valence-electron chi connectivity index (χ3n) is 5.22. The van der Waals surface area contributed by atoms with Crippen LogP contribution < -0.4 is 10.6 Å². The lowest BCUT2D eigenvalue weighted by Crippen LogP contribution is -2.35. The first-order chi connectivity index (χ1) is 10.7. The summed E-state index contributed by atoms with van der Waals surface area (Å²) in [5, 5.41) is 0. The Kier molecular flexibility index (Phi) is 4.07. The highest BCUT2D eigenvalue weighted by Crippen LogP contribution is 2.50. The number of carbonyl (C=O) groups excluding carboxylic acids is 1. The number of fused-ring (bicyclic) bond motifs is 2. The third kappa shape index (κ3) is 2.40.